The van der Waals surface area contributed by atoms with Gasteiger partial charge in [-0.25, -0.2) is 4.72 Å². The largest absolute Gasteiger partial charge is 0.253 e. The van der Waals surface area contributed by atoms with Crippen molar-refractivity contribution in [3.8, 4) is 0 Å². The third kappa shape index (κ3) is 1.73. The predicted molar refractivity (Wildman–Crippen MR) is 46.5 cm³/mol. The van der Waals surface area contributed by atoms with Crippen molar-refractivity contribution in [2.45, 2.75) is 13.8 Å². The summed E-state index contributed by atoms with van der Waals surface area (Å²) in [6.45, 7) is 5.19. The molecule has 1 rings (SSSR count). The third-order valence-electron chi connectivity index (χ3n) is 2.03. The molecule has 0 amide bonds. The fraction of sp³-hybridized carbons (Fsp3) is 0.857. The highest BCUT2D eigenvalue weighted by molar-refractivity contribution is 7.98. The van der Waals surface area contributed by atoms with Gasteiger partial charge in [-0.15, -0.1) is 0 Å². The van der Waals surface area contributed by atoms with Crippen LogP contribution in [0.3, 0.4) is 0 Å². The summed E-state index contributed by atoms with van der Waals surface area (Å²) in [7, 11) is -1.89. The molecule has 2 unspecified atom stereocenters. The molecule has 1 N–H and O–H groups in total. The van der Waals surface area contributed by atoms with Crippen molar-refractivity contribution < 1.29 is 4.21 Å². The molecule has 1 fully saturated rings. The Bertz CT molecular complexity index is 206. The summed E-state index contributed by atoms with van der Waals surface area (Å²) in [4.78, 5) is 0. The molecule has 2 nitrogen and oxygen atoms in total. The van der Waals surface area contributed by atoms with Crippen LogP contribution in [0.25, 0.3) is 0 Å². The zero-order valence-electron chi connectivity index (χ0n) is 6.59. The molecule has 0 bridgehead atoms. The van der Waals surface area contributed by atoms with Gasteiger partial charge in [-0.2, -0.15) is 0 Å². The van der Waals surface area contributed by atoms with Gasteiger partial charge < -0.3 is 0 Å². The maximum Gasteiger partial charge on any atom is 0.0332 e. The van der Waals surface area contributed by atoms with Crippen molar-refractivity contribution in [3.63, 3.8) is 0 Å². The average Bonchev–Trinajstić information content (AvgIpc) is 2.10. The quantitative estimate of drug-likeness (QED) is 0.557. The summed E-state index contributed by atoms with van der Waals surface area (Å²) in [5.74, 6) is 5.56. The lowest BCUT2D eigenvalue weighted by Crippen LogP contribution is -2.15. The van der Waals surface area contributed by atoms with Gasteiger partial charge in [-0.05, 0) is 17.7 Å². The molecule has 2 atom stereocenters. The molecule has 60 valence electrons. The number of hydrogen-bond acceptors (Lipinski definition) is 1. The summed E-state index contributed by atoms with van der Waals surface area (Å²) in [6, 6.07) is 0. The van der Waals surface area contributed by atoms with Crippen LogP contribution in [0, 0.1) is 11.8 Å². The summed E-state index contributed by atoms with van der Waals surface area (Å²) < 4.78 is 14.2. The average molecular weight is 161 g/mol. The van der Waals surface area contributed by atoms with Crippen molar-refractivity contribution in [2.24, 2.45) is 11.8 Å². The first kappa shape index (κ1) is 8.08. The summed E-state index contributed by atoms with van der Waals surface area (Å²) in [5, 5.41) is 0. The molecule has 1 heterocycles. The Kier molecular flexibility index (Phi) is 2.06. The second-order valence-electron chi connectivity index (χ2n) is 3.33. The van der Waals surface area contributed by atoms with Crippen LogP contribution in [0.4, 0.5) is 0 Å². The first-order chi connectivity index (χ1) is 4.51. The first-order valence-electron chi connectivity index (χ1n) is 3.61. The minimum absolute atomic E-state index is 0.560. The molecule has 0 spiro atoms. The number of rotatable bonds is 1. The van der Waals surface area contributed by atoms with E-state index in [4.69, 9.17) is 0 Å². The standard InChI is InChI=1S/C7H15NOS/c1-6(2)7-4-8-10(3,9)5-7/h6-7H,3-5H2,1-2H3,(H,8,9). The molecule has 1 aliphatic rings. The highest BCUT2D eigenvalue weighted by Crippen LogP contribution is 2.16. The van der Waals surface area contributed by atoms with Crippen LogP contribution >= 0.6 is 0 Å². The molecule has 0 aliphatic carbocycles. The van der Waals surface area contributed by atoms with E-state index in [0.29, 0.717) is 11.8 Å². The van der Waals surface area contributed by atoms with E-state index in [0.717, 1.165) is 12.3 Å². The summed E-state index contributed by atoms with van der Waals surface area (Å²) in [5.41, 5.74) is 0. The molecule has 0 aromatic rings. The van der Waals surface area contributed by atoms with E-state index < -0.39 is 9.71 Å². The van der Waals surface area contributed by atoms with Crippen LogP contribution < -0.4 is 4.72 Å². The maximum absolute atomic E-state index is 11.3. The smallest absolute Gasteiger partial charge is 0.0332 e. The Balaban J connectivity index is 2.60. The Morgan fingerprint density at radius 2 is 2.30 bits per heavy atom. The van der Waals surface area contributed by atoms with Crippen LogP contribution in [-0.4, -0.2) is 22.4 Å². The van der Waals surface area contributed by atoms with E-state index >= 15 is 0 Å². The monoisotopic (exact) mass is 161 g/mol. The fourth-order valence-electron chi connectivity index (χ4n) is 1.15. The molecule has 10 heavy (non-hydrogen) atoms. The van der Waals surface area contributed by atoms with Gasteiger partial charge in [0.2, 0.25) is 0 Å². The lowest BCUT2D eigenvalue weighted by molar-refractivity contribution is 0.443. The van der Waals surface area contributed by atoms with E-state index in [1.165, 1.54) is 0 Å². The van der Waals surface area contributed by atoms with Crippen molar-refractivity contribution in [1.29, 1.82) is 0 Å². The normalized spacial score (nSPS) is 40.9. The van der Waals surface area contributed by atoms with E-state index in [1.54, 1.807) is 0 Å². The van der Waals surface area contributed by atoms with Gasteiger partial charge in [0, 0.05) is 22.0 Å². The molecule has 0 aromatic carbocycles. The van der Waals surface area contributed by atoms with Gasteiger partial charge >= 0.3 is 0 Å². The van der Waals surface area contributed by atoms with Crippen LogP contribution in [0.1, 0.15) is 13.8 Å². The fourth-order valence-corrected chi connectivity index (χ4v) is 2.98. The van der Waals surface area contributed by atoms with Crippen LogP contribution in [0.2, 0.25) is 0 Å². The lowest BCUT2D eigenvalue weighted by atomic mass is 9.99. The molecular formula is C7H15NOS. The minimum atomic E-state index is -1.89. The molecule has 3 heteroatoms. The van der Waals surface area contributed by atoms with E-state index in [-0.39, 0.29) is 0 Å². The van der Waals surface area contributed by atoms with Gasteiger partial charge in [0.15, 0.2) is 0 Å². The van der Waals surface area contributed by atoms with Gasteiger partial charge in [0.25, 0.3) is 0 Å². The van der Waals surface area contributed by atoms with Crippen LogP contribution in [0.5, 0.6) is 0 Å². The topological polar surface area (TPSA) is 29.1 Å². The Labute approximate surface area is 63.2 Å². The van der Waals surface area contributed by atoms with Gasteiger partial charge in [0.05, 0.1) is 0 Å². The van der Waals surface area contributed by atoms with Crippen molar-refractivity contribution in [2.75, 3.05) is 12.3 Å². The Morgan fingerprint density at radius 3 is 2.50 bits per heavy atom. The lowest BCUT2D eigenvalue weighted by Gasteiger charge is -2.09. The highest BCUT2D eigenvalue weighted by Gasteiger charge is 2.24. The second kappa shape index (κ2) is 2.55. The van der Waals surface area contributed by atoms with E-state index in [9.17, 15) is 4.21 Å². The Morgan fingerprint density at radius 1 is 1.70 bits per heavy atom. The van der Waals surface area contributed by atoms with Crippen LogP contribution in [-0.2, 0) is 9.71 Å². The van der Waals surface area contributed by atoms with E-state index in [2.05, 4.69) is 24.4 Å². The zero-order chi connectivity index (χ0) is 7.78. The third-order valence-corrected chi connectivity index (χ3v) is 3.69. The molecule has 0 saturated carbocycles. The second-order valence-corrected chi connectivity index (χ2v) is 5.58. The summed E-state index contributed by atoms with van der Waals surface area (Å²) >= 11 is 0. The first-order valence-corrected chi connectivity index (χ1v) is 5.50. The molecule has 1 saturated heterocycles. The summed E-state index contributed by atoms with van der Waals surface area (Å²) in [6.07, 6.45) is 0. The number of hydrogen-bond donors (Lipinski definition) is 1. The Hall–Kier alpha value is -0.0200. The maximum atomic E-state index is 11.3. The SMILES string of the molecule is C=S1(=O)CC(C(C)C)CN1. The van der Waals surface area contributed by atoms with E-state index in [1.807, 2.05) is 0 Å². The predicted octanol–water partition coefficient (Wildman–Crippen LogP) is 0.493. The van der Waals surface area contributed by atoms with Crippen molar-refractivity contribution >= 4 is 15.6 Å². The van der Waals surface area contributed by atoms with Crippen molar-refractivity contribution in [3.05, 3.63) is 0 Å². The zero-order valence-corrected chi connectivity index (χ0v) is 7.41. The highest BCUT2D eigenvalue weighted by atomic mass is 32.2. The van der Waals surface area contributed by atoms with Gasteiger partial charge in [-0.1, -0.05) is 13.8 Å². The molecule has 0 aromatic heterocycles. The molecular weight excluding hydrogens is 146 g/mol. The van der Waals surface area contributed by atoms with Gasteiger partial charge in [0.1, 0.15) is 0 Å². The number of nitrogens with one attached hydrogen (secondary N) is 1. The molecule has 0 radical (unpaired) electrons. The minimum Gasteiger partial charge on any atom is -0.253 e. The van der Waals surface area contributed by atoms with Crippen LogP contribution in [0.15, 0.2) is 0 Å². The molecule has 1 aliphatic heterocycles. The van der Waals surface area contributed by atoms with Gasteiger partial charge in [-0.3, -0.25) is 4.21 Å². The van der Waals surface area contributed by atoms with Crippen molar-refractivity contribution in [1.82, 2.24) is 4.72 Å².